The van der Waals surface area contributed by atoms with Gasteiger partial charge < -0.3 is 14.6 Å². The summed E-state index contributed by atoms with van der Waals surface area (Å²) in [5.41, 5.74) is 0. The van der Waals surface area contributed by atoms with Gasteiger partial charge in [0.2, 0.25) is 0 Å². The average Bonchev–Trinajstić information content (AvgIpc) is 2.29. The molecule has 1 N–H and O–H groups in total. The van der Waals surface area contributed by atoms with Crippen LogP contribution in [0.15, 0.2) is 24.3 Å². The molecule has 0 saturated heterocycles. The van der Waals surface area contributed by atoms with Gasteiger partial charge in [-0.05, 0) is 12.1 Å². The van der Waals surface area contributed by atoms with Crippen molar-refractivity contribution in [3.63, 3.8) is 0 Å². The molecule has 0 aromatic heterocycles. The number of hydrogen-bond acceptors (Lipinski definition) is 4. The van der Waals surface area contributed by atoms with Gasteiger partial charge in [0, 0.05) is 5.75 Å². The maximum atomic E-state index is 10.3. The van der Waals surface area contributed by atoms with E-state index in [1.165, 1.54) is 11.8 Å². The number of ether oxygens (including phenoxy) is 2. The van der Waals surface area contributed by atoms with Gasteiger partial charge in [-0.25, -0.2) is 0 Å². The minimum absolute atomic E-state index is 0.106. The number of carboxylic acid groups (broad SMARTS) is 1. The van der Waals surface area contributed by atoms with Crippen LogP contribution in [0.3, 0.4) is 0 Å². The van der Waals surface area contributed by atoms with Gasteiger partial charge in [-0.2, -0.15) is 0 Å². The number of thioether (sulfide) groups is 1. The third-order valence-electron chi connectivity index (χ3n) is 1.78. The lowest BCUT2D eigenvalue weighted by Gasteiger charge is -2.09. The summed E-state index contributed by atoms with van der Waals surface area (Å²) in [5.74, 6) is 1.31. The molecule has 0 atom stereocenters. The molecule has 0 aliphatic heterocycles. The number of benzene rings is 1. The van der Waals surface area contributed by atoms with E-state index >= 15 is 0 Å². The van der Waals surface area contributed by atoms with E-state index in [1.54, 1.807) is 7.11 Å². The van der Waals surface area contributed by atoms with Crippen LogP contribution in [0, 0.1) is 0 Å². The highest BCUT2D eigenvalue weighted by atomic mass is 32.2. The second-order valence-corrected chi connectivity index (χ2v) is 4.05. The van der Waals surface area contributed by atoms with Crippen LogP contribution in [0.25, 0.3) is 0 Å². The van der Waals surface area contributed by atoms with Crippen molar-refractivity contribution in [2.45, 2.75) is 0 Å². The zero-order valence-electron chi connectivity index (χ0n) is 9.01. The molecule has 1 rings (SSSR count). The summed E-state index contributed by atoms with van der Waals surface area (Å²) in [6.45, 7) is 0.471. The van der Waals surface area contributed by atoms with E-state index < -0.39 is 5.97 Å². The smallest absolute Gasteiger partial charge is 0.313 e. The fraction of sp³-hybridized carbons (Fsp3) is 0.364. The molecule has 0 aliphatic rings. The van der Waals surface area contributed by atoms with Crippen LogP contribution in [0.4, 0.5) is 0 Å². The first kappa shape index (κ1) is 12.7. The first-order chi connectivity index (χ1) is 7.74. The fourth-order valence-electron chi connectivity index (χ4n) is 1.11. The predicted molar refractivity (Wildman–Crippen MR) is 63.4 cm³/mol. The Morgan fingerprint density at radius 3 is 2.69 bits per heavy atom. The highest BCUT2D eigenvalue weighted by molar-refractivity contribution is 7.99. The molecule has 0 unspecified atom stereocenters. The van der Waals surface area contributed by atoms with Crippen molar-refractivity contribution in [3.05, 3.63) is 24.3 Å². The van der Waals surface area contributed by atoms with Crippen LogP contribution in [-0.2, 0) is 4.79 Å². The largest absolute Gasteiger partial charge is 0.493 e. The molecule has 1 aromatic rings. The summed E-state index contributed by atoms with van der Waals surface area (Å²) in [5, 5.41) is 8.43. The summed E-state index contributed by atoms with van der Waals surface area (Å²) >= 11 is 1.33. The van der Waals surface area contributed by atoms with Crippen LogP contribution in [0.1, 0.15) is 0 Å². The van der Waals surface area contributed by atoms with Gasteiger partial charge in [-0.15, -0.1) is 11.8 Å². The summed E-state index contributed by atoms with van der Waals surface area (Å²) in [6, 6.07) is 7.37. The number of rotatable bonds is 7. The van der Waals surface area contributed by atoms with Gasteiger partial charge in [0.15, 0.2) is 11.5 Å². The van der Waals surface area contributed by atoms with E-state index in [4.69, 9.17) is 14.6 Å². The molecule has 4 nitrogen and oxygen atoms in total. The number of methoxy groups -OCH3 is 1. The fourth-order valence-corrected chi connectivity index (χ4v) is 1.63. The van der Waals surface area contributed by atoms with Crippen LogP contribution >= 0.6 is 11.8 Å². The van der Waals surface area contributed by atoms with Gasteiger partial charge in [0.05, 0.1) is 19.5 Å². The first-order valence-electron chi connectivity index (χ1n) is 4.79. The Kier molecular flexibility index (Phi) is 5.56. The summed E-state index contributed by atoms with van der Waals surface area (Å²) in [6.07, 6.45) is 0. The highest BCUT2D eigenvalue weighted by Crippen LogP contribution is 2.25. The van der Waals surface area contributed by atoms with Gasteiger partial charge in [0.25, 0.3) is 0 Å². The quantitative estimate of drug-likeness (QED) is 0.740. The lowest BCUT2D eigenvalue weighted by molar-refractivity contribution is -0.133. The van der Waals surface area contributed by atoms with Gasteiger partial charge >= 0.3 is 5.97 Å². The monoisotopic (exact) mass is 242 g/mol. The molecule has 0 fully saturated rings. The third kappa shape index (κ3) is 4.44. The zero-order chi connectivity index (χ0) is 11.8. The molecule has 0 bridgehead atoms. The van der Waals surface area contributed by atoms with E-state index in [2.05, 4.69) is 0 Å². The maximum absolute atomic E-state index is 10.3. The first-order valence-corrected chi connectivity index (χ1v) is 5.95. The molecule has 1 aromatic carbocycles. The molecule has 88 valence electrons. The number of para-hydroxylation sites is 2. The topological polar surface area (TPSA) is 55.8 Å². The van der Waals surface area contributed by atoms with Crippen LogP contribution in [0.2, 0.25) is 0 Å². The minimum Gasteiger partial charge on any atom is -0.493 e. The second-order valence-electron chi connectivity index (χ2n) is 2.95. The summed E-state index contributed by atoms with van der Waals surface area (Å²) in [4.78, 5) is 10.3. The lowest BCUT2D eigenvalue weighted by Crippen LogP contribution is -2.05. The lowest BCUT2D eigenvalue weighted by atomic mass is 10.3. The van der Waals surface area contributed by atoms with Crippen molar-refractivity contribution < 1.29 is 19.4 Å². The van der Waals surface area contributed by atoms with Gasteiger partial charge in [-0.3, -0.25) is 4.79 Å². The molecule has 5 heteroatoms. The van der Waals surface area contributed by atoms with Crippen LogP contribution in [-0.4, -0.2) is 36.3 Å². The van der Waals surface area contributed by atoms with E-state index in [0.29, 0.717) is 23.9 Å². The average molecular weight is 242 g/mol. The van der Waals surface area contributed by atoms with Crippen molar-refractivity contribution >= 4 is 17.7 Å². The Bertz CT molecular complexity index is 341. The normalized spacial score (nSPS) is 9.81. The number of carboxylic acids is 1. The van der Waals surface area contributed by atoms with E-state index in [0.717, 1.165) is 0 Å². The SMILES string of the molecule is COc1ccccc1OCCSCC(=O)O. The highest BCUT2D eigenvalue weighted by Gasteiger charge is 2.02. The van der Waals surface area contributed by atoms with Gasteiger partial charge in [0.1, 0.15) is 0 Å². The minimum atomic E-state index is -0.803. The van der Waals surface area contributed by atoms with Gasteiger partial charge in [-0.1, -0.05) is 12.1 Å². The molecule has 0 aliphatic carbocycles. The van der Waals surface area contributed by atoms with E-state index in [1.807, 2.05) is 24.3 Å². The van der Waals surface area contributed by atoms with Crippen molar-refractivity contribution in [2.24, 2.45) is 0 Å². The Labute approximate surface area is 98.6 Å². The van der Waals surface area contributed by atoms with E-state index in [-0.39, 0.29) is 5.75 Å². The van der Waals surface area contributed by atoms with Crippen molar-refractivity contribution in [1.29, 1.82) is 0 Å². The number of aliphatic carboxylic acids is 1. The number of hydrogen-bond donors (Lipinski definition) is 1. The molecule has 0 amide bonds. The Balaban J connectivity index is 2.28. The molecule has 0 spiro atoms. The summed E-state index contributed by atoms with van der Waals surface area (Å²) in [7, 11) is 1.58. The molecule has 0 saturated carbocycles. The maximum Gasteiger partial charge on any atom is 0.313 e. The Morgan fingerprint density at radius 1 is 1.38 bits per heavy atom. The molecular weight excluding hydrogens is 228 g/mol. The standard InChI is InChI=1S/C11H14O4S/c1-14-9-4-2-3-5-10(9)15-6-7-16-8-11(12)13/h2-5H,6-8H2,1H3,(H,12,13). The molecule has 0 radical (unpaired) electrons. The predicted octanol–water partition coefficient (Wildman–Crippen LogP) is 1.89. The second kappa shape index (κ2) is 7.00. The van der Waals surface area contributed by atoms with Crippen LogP contribution < -0.4 is 9.47 Å². The Morgan fingerprint density at radius 2 is 2.06 bits per heavy atom. The third-order valence-corrected chi connectivity index (χ3v) is 2.69. The van der Waals surface area contributed by atoms with Crippen molar-refractivity contribution in [2.75, 3.05) is 25.2 Å². The Hall–Kier alpha value is -1.36. The summed E-state index contributed by atoms with van der Waals surface area (Å²) < 4.78 is 10.6. The molecule has 16 heavy (non-hydrogen) atoms. The molecule has 0 heterocycles. The van der Waals surface area contributed by atoms with Crippen molar-refractivity contribution in [3.8, 4) is 11.5 Å². The van der Waals surface area contributed by atoms with E-state index in [9.17, 15) is 4.79 Å². The van der Waals surface area contributed by atoms with Crippen LogP contribution in [0.5, 0.6) is 11.5 Å². The van der Waals surface area contributed by atoms with Crippen molar-refractivity contribution in [1.82, 2.24) is 0 Å². The molecular formula is C11H14O4S. The number of carbonyl (C=O) groups is 1. The zero-order valence-corrected chi connectivity index (χ0v) is 9.83.